The van der Waals surface area contributed by atoms with Crippen LogP contribution < -0.4 is 11.3 Å². The number of pyridine rings is 1. The highest BCUT2D eigenvalue weighted by Crippen LogP contribution is 2.19. The number of aromatic amines is 1. The molecular formula is C18H24N2O2. The summed E-state index contributed by atoms with van der Waals surface area (Å²) < 4.78 is 5.82. The third-order valence-corrected chi connectivity index (χ3v) is 3.84. The van der Waals surface area contributed by atoms with E-state index >= 15 is 0 Å². The van der Waals surface area contributed by atoms with Crippen molar-refractivity contribution in [3.63, 3.8) is 0 Å². The molecule has 4 nitrogen and oxygen atoms in total. The average Bonchev–Trinajstić information content (AvgIpc) is 2.43. The van der Waals surface area contributed by atoms with Gasteiger partial charge in [0, 0.05) is 11.3 Å². The van der Waals surface area contributed by atoms with E-state index in [2.05, 4.69) is 37.0 Å². The number of ether oxygens (including phenoxy) is 1. The molecule has 0 saturated heterocycles. The Morgan fingerprint density at radius 3 is 2.27 bits per heavy atom. The molecule has 4 heteroatoms. The number of aryl methyl sites for hydroxylation is 3. The molecule has 0 unspecified atom stereocenters. The lowest BCUT2D eigenvalue weighted by Crippen LogP contribution is -2.19. The normalized spacial score (nSPS) is 10.9. The van der Waals surface area contributed by atoms with Crippen LogP contribution in [0.2, 0.25) is 0 Å². The first-order valence-corrected chi connectivity index (χ1v) is 7.57. The number of nitrogens with two attached hydrogens (primary N) is 1. The molecule has 1 heterocycles. The molecule has 0 radical (unpaired) electrons. The average molecular weight is 300 g/mol. The number of rotatable bonds is 5. The number of hydrogen-bond acceptors (Lipinski definition) is 3. The molecule has 1 aromatic carbocycles. The molecule has 2 aromatic rings. The van der Waals surface area contributed by atoms with Crippen molar-refractivity contribution in [1.29, 1.82) is 0 Å². The van der Waals surface area contributed by atoms with Gasteiger partial charge in [-0.2, -0.15) is 0 Å². The first-order chi connectivity index (χ1) is 10.4. The van der Waals surface area contributed by atoms with Gasteiger partial charge in [0.2, 0.25) is 0 Å². The molecule has 3 N–H and O–H groups in total. The number of nitrogens with one attached hydrogen (secondary N) is 1. The third-order valence-electron chi connectivity index (χ3n) is 3.84. The second-order valence-electron chi connectivity index (χ2n) is 5.79. The molecule has 0 bridgehead atoms. The summed E-state index contributed by atoms with van der Waals surface area (Å²) in [5.74, 6) is 0. The van der Waals surface area contributed by atoms with E-state index in [0.29, 0.717) is 13.2 Å². The van der Waals surface area contributed by atoms with Crippen LogP contribution in [0.15, 0.2) is 23.0 Å². The fourth-order valence-electron chi connectivity index (χ4n) is 2.91. The van der Waals surface area contributed by atoms with Gasteiger partial charge < -0.3 is 15.5 Å². The minimum atomic E-state index is -0.236. The van der Waals surface area contributed by atoms with Gasteiger partial charge in [-0.05, 0) is 38.3 Å². The summed E-state index contributed by atoms with van der Waals surface area (Å²) >= 11 is 0. The van der Waals surface area contributed by atoms with Crippen molar-refractivity contribution in [1.82, 2.24) is 4.98 Å². The van der Waals surface area contributed by atoms with Gasteiger partial charge in [-0.15, -0.1) is 0 Å². The van der Waals surface area contributed by atoms with Crippen LogP contribution in [-0.4, -0.2) is 4.98 Å². The van der Waals surface area contributed by atoms with Crippen LogP contribution in [0.5, 0.6) is 0 Å². The summed E-state index contributed by atoms with van der Waals surface area (Å²) in [7, 11) is 0. The van der Waals surface area contributed by atoms with E-state index in [1.165, 1.54) is 11.1 Å². The number of benzene rings is 1. The van der Waals surface area contributed by atoms with E-state index in [9.17, 15) is 4.79 Å². The number of nitrogen functional groups attached to an aromatic ring is 1. The zero-order valence-electron chi connectivity index (χ0n) is 13.7. The molecule has 22 heavy (non-hydrogen) atoms. The summed E-state index contributed by atoms with van der Waals surface area (Å²) in [5, 5.41) is 0. The smallest absolute Gasteiger partial charge is 0.271 e. The fourth-order valence-corrected chi connectivity index (χ4v) is 2.91. The van der Waals surface area contributed by atoms with Crippen molar-refractivity contribution >= 4 is 5.69 Å². The van der Waals surface area contributed by atoms with Crippen LogP contribution in [0.25, 0.3) is 0 Å². The number of anilines is 1. The molecule has 0 saturated carbocycles. The minimum Gasteiger partial charge on any atom is -0.394 e. The molecule has 0 aliphatic heterocycles. The minimum absolute atomic E-state index is 0.236. The van der Waals surface area contributed by atoms with Gasteiger partial charge in [0.05, 0.1) is 13.2 Å². The lowest BCUT2D eigenvalue weighted by Gasteiger charge is -2.14. The molecule has 0 fully saturated rings. The van der Waals surface area contributed by atoms with Crippen LogP contribution in [0.4, 0.5) is 5.69 Å². The highest BCUT2D eigenvalue weighted by molar-refractivity contribution is 5.50. The summed E-state index contributed by atoms with van der Waals surface area (Å²) in [4.78, 5) is 14.6. The van der Waals surface area contributed by atoms with Crippen molar-refractivity contribution in [2.45, 2.75) is 47.3 Å². The fraction of sp³-hybridized carbons (Fsp3) is 0.389. The first kappa shape index (κ1) is 16.3. The Morgan fingerprint density at radius 1 is 1.05 bits per heavy atom. The van der Waals surface area contributed by atoms with Crippen molar-refractivity contribution in [2.75, 3.05) is 5.73 Å². The Bertz CT molecular complexity index is 712. The topological polar surface area (TPSA) is 68.1 Å². The van der Waals surface area contributed by atoms with Crippen LogP contribution in [0.3, 0.4) is 0 Å². The molecule has 2 rings (SSSR count). The Kier molecular flexibility index (Phi) is 5.03. The second-order valence-corrected chi connectivity index (χ2v) is 5.79. The van der Waals surface area contributed by atoms with Crippen LogP contribution in [0, 0.1) is 20.8 Å². The lowest BCUT2D eigenvalue weighted by molar-refractivity contribution is 0.107. The summed E-state index contributed by atoms with van der Waals surface area (Å²) in [5.41, 5.74) is 12.3. The van der Waals surface area contributed by atoms with Gasteiger partial charge in [0.15, 0.2) is 0 Å². The Morgan fingerprint density at radius 2 is 1.68 bits per heavy atom. The van der Waals surface area contributed by atoms with Gasteiger partial charge in [-0.1, -0.05) is 36.2 Å². The molecule has 118 valence electrons. The highest BCUT2D eigenvalue weighted by Gasteiger charge is 2.12. The summed E-state index contributed by atoms with van der Waals surface area (Å²) in [6, 6.07) is 6.36. The summed E-state index contributed by atoms with van der Waals surface area (Å²) in [6.07, 6.45) is 0.815. The highest BCUT2D eigenvalue weighted by atomic mass is 16.5. The number of hydrogen-bond donors (Lipinski definition) is 2. The van der Waals surface area contributed by atoms with Crippen molar-refractivity contribution in [3.05, 3.63) is 62.1 Å². The predicted molar refractivity (Wildman–Crippen MR) is 90.0 cm³/mol. The third kappa shape index (κ3) is 3.57. The maximum Gasteiger partial charge on any atom is 0.271 e. The van der Waals surface area contributed by atoms with Crippen LogP contribution in [0.1, 0.15) is 40.4 Å². The van der Waals surface area contributed by atoms with Crippen molar-refractivity contribution in [3.8, 4) is 0 Å². The molecule has 1 aromatic heterocycles. The van der Waals surface area contributed by atoms with Gasteiger partial charge in [0.25, 0.3) is 5.56 Å². The summed E-state index contributed by atoms with van der Waals surface area (Å²) in [6.45, 7) is 8.96. The van der Waals surface area contributed by atoms with E-state index in [4.69, 9.17) is 10.5 Å². The van der Waals surface area contributed by atoms with Crippen molar-refractivity contribution in [2.24, 2.45) is 0 Å². The Labute approximate surface area is 131 Å². The molecule has 0 spiro atoms. The molecule has 0 amide bonds. The lowest BCUT2D eigenvalue weighted by atomic mass is 10.0. The number of aromatic nitrogens is 1. The van der Waals surface area contributed by atoms with Gasteiger partial charge in [-0.25, -0.2) is 0 Å². The van der Waals surface area contributed by atoms with E-state index in [-0.39, 0.29) is 11.2 Å². The SMILES string of the molecule is CCc1c(C)[nH]c(=O)c(N)c1COCc1cc(C)cc(C)c1. The Balaban J connectivity index is 2.16. The predicted octanol–water partition coefficient (Wildman–Crippen LogP) is 3.16. The molecular weight excluding hydrogens is 276 g/mol. The standard InChI is InChI=1S/C18H24N2O2/c1-5-15-13(4)20-18(21)17(19)16(15)10-22-9-14-7-11(2)6-12(3)8-14/h6-8H,5,9-10,19H2,1-4H3,(H,20,21). The first-order valence-electron chi connectivity index (χ1n) is 7.57. The van der Waals surface area contributed by atoms with Crippen molar-refractivity contribution < 1.29 is 4.74 Å². The monoisotopic (exact) mass is 300 g/mol. The molecule has 0 aliphatic carbocycles. The van der Waals surface area contributed by atoms with E-state index in [1.54, 1.807) is 0 Å². The van der Waals surface area contributed by atoms with Crippen LogP contribution >= 0.6 is 0 Å². The maximum absolute atomic E-state index is 11.8. The molecule has 0 aliphatic rings. The van der Waals surface area contributed by atoms with E-state index < -0.39 is 0 Å². The van der Waals surface area contributed by atoms with Gasteiger partial charge in [-0.3, -0.25) is 4.79 Å². The largest absolute Gasteiger partial charge is 0.394 e. The van der Waals surface area contributed by atoms with E-state index in [1.807, 2.05) is 13.8 Å². The second kappa shape index (κ2) is 6.79. The zero-order valence-corrected chi connectivity index (χ0v) is 13.7. The Hall–Kier alpha value is -2.07. The number of H-pyrrole nitrogens is 1. The molecule has 0 atom stereocenters. The van der Waals surface area contributed by atoms with Gasteiger partial charge >= 0.3 is 0 Å². The van der Waals surface area contributed by atoms with Crippen LogP contribution in [-0.2, 0) is 24.4 Å². The van der Waals surface area contributed by atoms with E-state index in [0.717, 1.165) is 28.8 Å². The maximum atomic E-state index is 11.8. The zero-order chi connectivity index (χ0) is 16.3. The van der Waals surface area contributed by atoms with Gasteiger partial charge in [0.1, 0.15) is 5.69 Å². The quantitative estimate of drug-likeness (QED) is 0.891.